The summed E-state index contributed by atoms with van der Waals surface area (Å²) >= 11 is 0. The van der Waals surface area contributed by atoms with Crippen molar-refractivity contribution >= 4 is 22.6 Å². The molecule has 0 saturated carbocycles. The minimum absolute atomic E-state index is 0.0737. The van der Waals surface area contributed by atoms with Crippen molar-refractivity contribution in [2.45, 2.75) is 25.8 Å². The number of hydrogen-bond acceptors (Lipinski definition) is 5. The topological polar surface area (TPSA) is 75.9 Å². The van der Waals surface area contributed by atoms with Crippen LogP contribution in [0.2, 0.25) is 0 Å². The second-order valence-electron chi connectivity index (χ2n) is 6.73. The number of nitrogens with zero attached hydrogens (tertiary/aromatic N) is 5. The summed E-state index contributed by atoms with van der Waals surface area (Å²) in [6.07, 6.45) is 0.934. The van der Waals surface area contributed by atoms with E-state index in [2.05, 4.69) is 26.7 Å². The van der Waals surface area contributed by atoms with Crippen molar-refractivity contribution in [2.75, 3.05) is 25.5 Å². The molecule has 3 heterocycles. The highest BCUT2D eigenvalue weighted by molar-refractivity contribution is 5.80. The van der Waals surface area contributed by atoms with Gasteiger partial charge in [-0.25, -0.2) is 4.68 Å². The van der Waals surface area contributed by atoms with Crippen LogP contribution < -0.4 is 5.32 Å². The second-order valence-corrected chi connectivity index (χ2v) is 6.73. The van der Waals surface area contributed by atoms with E-state index < -0.39 is 0 Å². The number of fused-ring (bicyclic) bond motifs is 1. The van der Waals surface area contributed by atoms with Gasteiger partial charge in [0.05, 0.1) is 5.52 Å². The van der Waals surface area contributed by atoms with E-state index in [1.54, 1.807) is 4.68 Å². The number of rotatable bonds is 4. The maximum absolute atomic E-state index is 12.7. The Kier molecular flexibility index (Phi) is 4.28. The van der Waals surface area contributed by atoms with Crippen LogP contribution in [0.1, 0.15) is 23.7 Å². The Morgan fingerprint density at radius 2 is 2.15 bits per heavy atom. The van der Waals surface area contributed by atoms with Crippen molar-refractivity contribution in [3.05, 3.63) is 47.8 Å². The summed E-state index contributed by atoms with van der Waals surface area (Å²) in [5, 5.41) is 11.4. The molecule has 0 aliphatic carbocycles. The van der Waals surface area contributed by atoms with Gasteiger partial charge in [-0.15, -0.1) is 5.10 Å². The molecule has 0 spiro atoms. The Balaban J connectivity index is 1.46. The maximum Gasteiger partial charge on any atom is 0.244 e. The number of para-hydroxylation sites is 1. The van der Waals surface area contributed by atoms with E-state index in [1.165, 1.54) is 0 Å². The van der Waals surface area contributed by atoms with Crippen LogP contribution in [0, 0.1) is 6.92 Å². The van der Waals surface area contributed by atoms with Gasteiger partial charge in [0.2, 0.25) is 5.91 Å². The van der Waals surface area contributed by atoms with Crippen LogP contribution in [0.4, 0.5) is 5.69 Å². The lowest BCUT2D eigenvalue weighted by Crippen LogP contribution is -2.32. The highest BCUT2D eigenvalue weighted by Gasteiger charge is 2.29. The lowest BCUT2D eigenvalue weighted by molar-refractivity contribution is -0.130. The van der Waals surface area contributed by atoms with Crippen LogP contribution in [0.5, 0.6) is 0 Å². The average molecular weight is 350 g/mol. The molecule has 0 unspecified atom stereocenters. The zero-order chi connectivity index (χ0) is 18.1. The summed E-state index contributed by atoms with van der Waals surface area (Å²) in [5.74, 6) is 0.350. The van der Waals surface area contributed by atoms with Gasteiger partial charge in [-0.05, 0) is 37.6 Å². The van der Waals surface area contributed by atoms with Crippen LogP contribution in [0.3, 0.4) is 0 Å². The number of amides is 1. The molecule has 4 rings (SSSR count). The van der Waals surface area contributed by atoms with Gasteiger partial charge in [0.15, 0.2) is 0 Å². The molecular formula is C19H22N6O. The Bertz CT molecular complexity index is 950. The number of carbonyl (C=O) groups excluding carboxylic acids is 1. The largest absolute Gasteiger partial charge is 0.388 e. The van der Waals surface area contributed by atoms with Gasteiger partial charge >= 0.3 is 0 Å². The van der Waals surface area contributed by atoms with Gasteiger partial charge in [0, 0.05) is 43.1 Å². The first kappa shape index (κ1) is 16.5. The monoisotopic (exact) mass is 350 g/mol. The fourth-order valence-electron chi connectivity index (χ4n) is 3.54. The number of carbonyl (C=O) groups is 1. The van der Waals surface area contributed by atoms with Gasteiger partial charge < -0.3 is 10.2 Å². The molecule has 7 heteroatoms. The summed E-state index contributed by atoms with van der Waals surface area (Å²) in [7, 11) is 1.91. The number of aryl methyl sites for hydroxylation is 1. The van der Waals surface area contributed by atoms with Crippen molar-refractivity contribution in [1.82, 2.24) is 24.9 Å². The quantitative estimate of drug-likeness (QED) is 0.781. The molecule has 1 aromatic carbocycles. The molecule has 1 aliphatic heterocycles. The third kappa shape index (κ3) is 3.12. The minimum atomic E-state index is 0.0737. The summed E-state index contributed by atoms with van der Waals surface area (Å²) in [5.41, 5.74) is 4.80. The van der Waals surface area contributed by atoms with Gasteiger partial charge in [-0.2, -0.15) is 0 Å². The fourth-order valence-corrected chi connectivity index (χ4v) is 3.54. The zero-order valence-electron chi connectivity index (χ0n) is 15.0. The molecule has 3 aromatic rings. The fraction of sp³-hybridized carbons (Fsp3) is 0.368. The Labute approximate surface area is 152 Å². The highest BCUT2D eigenvalue weighted by atomic mass is 16.2. The lowest BCUT2D eigenvalue weighted by Gasteiger charge is -2.17. The van der Waals surface area contributed by atoms with E-state index in [0.29, 0.717) is 6.54 Å². The first-order valence-corrected chi connectivity index (χ1v) is 8.86. The summed E-state index contributed by atoms with van der Waals surface area (Å²) in [6.45, 7) is 3.67. The van der Waals surface area contributed by atoms with Gasteiger partial charge in [-0.3, -0.25) is 9.78 Å². The molecule has 134 valence electrons. The van der Waals surface area contributed by atoms with Crippen molar-refractivity contribution in [3.63, 3.8) is 0 Å². The Morgan fingerprint density at radius 1 is 1.31 bits per heavy atom. The standard InChI is InChI=1S/C19H22N6O/c1-13-9-15(20-2)10-17(21-13)14-7-8-24(11-14)19(26)12-25-18-6-4-3-5-16(18)22-23-25/h3-6,9-10,14H,7-8,11-12H2,1-2H3,(H,20,21)/t14-/m0/s1. The Hall–Kier alpha value is -2.96. The predicted molar refractivity (Wildman–Crippen MR) is 100.0 cm³/mol. The van der Waals surface area contributed by atoms with Gasteiger partial charge in [0.25, 0.3) is 0 Å². The van der Waals surface area contributed by atoms with Crippen molar-refractivity contribution < 1.29 is 4.79 Å². The number of nitrogens with one attached hydrogen (secondary N) is 1. The smallest absolute Gasteiger partial charge is 0.244 e. The molecule has 1 saturated heterocycles. The van der Waals surface area contributed by atoms with E-state index in [9.17, 15) is 4.79 Å². The number of pyridine rings is 1. The number of hydrogen-bond donors (Lipinski definition) is 1. The zero-order valence-corrected chi connectivity index (χ0v) is 15.0. The minimum Gasteiger partial charge on any atom is -0.388 e. The lowest BCUT2D eigenvalue weighted by atomic mass is 10.0. The van der Waals surface area contributed by atoms with Crippen LogP contribution in [0.15, 0.2) is 36.4 Å². The maximum atomic E-state index is 12.7. The van der Waals surface area contributed by atoms with E-state index in [1.807, 2.05) is 49.2 Å². The first-order chi connectivity index (χ1) is 12.6. The van der Waals surface area contributed by atoms with Crippen LogP contribution in [-0.4, -0.2) is 50.9 Å². The summed E-state index contributed by atoms with van der Waals surface area (Å²) in [6, 6.07) is 11.8. The number of anilines is 1. The van der Waals surface area contributed by atoms with E-state index in [0.717, 1.165) is 41.1 Å². The SMILES string of the molecule is CNc1cc(C)nc([C@H]2CCN(C(=O)Cn3nnc4ccccc43)C2)c1. The van der Waals surface area contributed by atoms with Crippen LogP contribution in [0.25, 0.3) is 11.0 Å². The van der Waals surface area contributed by atoms with E-state index >= 15 is 0 Å². The normalized spacial score (nSPS) is 17.0. The molecule has 1 fully saturated rings. The molecule has 0 radical (unpaired) electrons. The van der Waals surface area contributed by atoms with Crippen LogP contribution >= 0.6 is 0 Å². The summed E-state index contributed by atoms with van der Waals surface area (Å²) in [4.78, 5) is 19.3. The number of benzene rings is 1. The van der Waals surface area contributed by atoms with Gasteiger partial charge in [0.1, 0.15) is 12.1 Å². The first-order valence-electron chi connectivity index (χ1n) is 8.86. The van der Waals surface area contributed by atoms with E-state index in [4.69, 9.17) is 0 Å². The van der Waals surface area contributed by atoms with Crippen molar-refractivity contribution in [2.24, 2.45) is 0 Å². The average Bonchev–Trinajstić information content (AvgIpc) is 3.29. The molecule has 2 aromatic heterocycles. The molecule has 1 amide bonds. The molecule has 1 aliphatic rings. The molecule has 26 heavy (non-hydrogen) atoms. The molecular weight excluding hydrogens is 328 g/mol. The number of aromatic nitrogens is 4. The number of likely N-dealkylation sites (tertiary alicyclic amines) is 1. The second kappa shape index (κ2) is 6.74. The van der Waals surface area contributed by atoms with Crippen LogP contribution in [-0.2, 0) is 11.3 Å². The predicted octanol–water partition coefficient (Wildman–Crippen LogP) is 2.19. The van der Waals surface area contributed by atoms with Crippen molar-refractivity contribution in [1.29, 1.82) is 0 Å². The Morgan fingerprint density at radius 3 is 3.00 bits per heavy atom. The third-order valence-corrected chi connectivity index (χ3v) is 4.93. The highest BCUT2D eigenvalue weighted by Crippen LogP contribution is 2.28. The molecule has 1 atom stereocenters. The molecule has 1 N–H and O–H groups in total. The van der Waals surface area contributed by atoms with Crippen molar-refractivity contribution in [3.8, 4) is 0 Å². The van der Waals surface area contributed by atoms with E-state index in [-0.39, 0.29) is 18.4 Å². The van der Waals surface area contributed by atoms with Gasteiger partial charge in [-0.1, -0.05) is 17.3 Å². The molecule has 7 nitrogen and oxygen atoms in total. The molecule has 0 bridgehead atoms. The third-order valence-electron chi connectivity index (χ3n) is 4.93. The summed E-state index contributed by atoms with van der Waals surface area (Å²) < 4.78 is 1.68.